The Morgan fingerprint density at radius 3 is 2.50 bits per heavy atom. The van der Waals surface area contributed by atoms with Crippen LogP contribution in [0.2, 0.25) is 0 Å². The van der Waals surface area contributed by atoms with E-state index in [1.165, 1.54) is 0 Å². The van der Waals surface area contributed by atoms with Gasteiger partial charge in [-0.3, -0.25) is 0 Å². The van der Waals surface area contributed by atoms with Crippen LogP contribution in [0.15, 0.2) is 17.0 Å². The summed E-state index contributed by atoms with van der Waals surface area (Å²) in [6.45, 7) is 5.07. The minimum atomic E-state index is -3.22. The van der Waals surface area contributed by atoms with Gasteiger partial charge in [-0.2, -0.15) is 0 Å². The quantitative estimate of drug-likeness (QED) is 0.899. The van der Waals surface area contributed by atoms with E-state index in [9.17, 15) is 8.42 Å². The van der Waals surface area contributed by atoms with Gasteiger partial charge in [0.15, 0.2) is 21.3 Å². The van der Waals surface area contributed by atoms with Crippen LogP contribution < -0.4 is 14.8 Å². The standard InChI is InChI=1S/C14H19NO4S/c1-9(2)15-11-3-6-20(16,17)14-8-13-12(7-10(11)14)18-4-5-19-13/h7-9,11,15H,3-6H2,1-2H3. The summed E-state index contributed by atoms with van der Waals surface area (Å²) in [4.78, 5) is 0.381. The van der Waals surface area contributed by atoms with Gasteiger partial charge in [0, 0.05) is 18.2 Å². The van der Waals surface area contributed by atoms with Crippen LogP contribution in [0.3, 0.4) is 0 Å². The summed E-state index contributed by atoms with van der Waals surface area (Å²) in [6, 6.07) is 3.78. The first-order valence-corrected chi connectivity index (χ1v) is 8.55. The molecule has 1 aromatic carbocycles. The van der Waals surface area contributed by atoms with E-state index in [2.05, 4.69) is 19.2 Å². The zero-order valence-corrected chi connectivity index (χ0v) is 12.5. The van der Waals surface area contributed by atoms with E-state index >= 15 is 0 Å². The fraction of sp³-hybridized carbons (Fsp3) is 0.571. The van der Waals surface area contributed by atoms with Gasteiger partial charge in [0.2, 0.25) is 0 Å². The fourth-order valence-corrected chi connectivity index (χ4v) is 4.35. The van der Waals surface area contributed by atoms with Crippen molar-refractivity contribution in [2.75, 3.05) is 19.0 Å². The number of hydrogen-bond acceptors (Lipinski definition) is 5. The zero-order chi connectivity index (χ0) is 14.3. The summed E-state index contributed by atoms with van der Waals surface area (Å²) < 4.78 is 35.6. The zero-order valence-electron chi connectivity index (χ0n) is 11.7. The minimum absolute atomic E-state index is 0.0457. The highest BCUT2D eigenvalue weighted by Gasteiger charge is 2.33. The van der Waals surface area contributed by atoms with Gasteiger partial charge < -0.3 is 14.8 Å². The summed E-state index contributed by atoms with van der Waals surface area (Å²) in [5, 5.41) is 3.42. The molecule has 1 unspecified atom stereocenters. The van der Waals surface area contributed by atoms with Gasteiger partial charge in [-0.25, -0.2) is 8.42 Å². The number of sulfone groups is 1. The summed E-state index contributed by atoms with van der Waals surface area (Å²) in [6.07, 6.45) is 0.590. The third-order valence-electron chi connectivity index (χ3n) is 3.59. The molecule has 110 valence electrons. The Balaban J connectivity index is 2.10. The van der Waals surface area contributed by atoms with Crippen molar-refractivity contribution in [3.8, 4) is 11.5 Å². The lowest BCUT2D eigenvalue weighted by atomic mass is 10.0. The van der Waals surface area contributed by atoms with Gasteiger partial charge in [-0.05, 0) is 18.1 Å². The minimum Gasteiger partial charge on any atom is -0.486 e. The molecule has 0 saturated heterocycles. The summed E-state index contributed by atoms with van der Waals surface area (Å²) >= 11 is 0. The lowest BCUT2D eigenvalue weighted by Crippen LogP contribution is -2.34. The average Bonchev–Trinajstić information content (AvgIpc) is 2.40. The summed E-state index contributed by atoms with van der Waals surface area (Å²) in [5.41, 5.74) is 0.800. The van der Waals surface area contributed by atoms with E-state index in [1.54, 1.807) is 6.07 Å². The van der Waals surface area contributed by atoms with Crippen LogP contribution in [0.1, 0.15) is 31.9 Å². The molecule has 0 amide bonds. The van der Waals surface area contributed by atoms with E-state index in [0.29, 0.717) is 42.1 Å². The lowest BCUT2D eigenvalue weighted by molar-refractivity contribution is 0.170. The van der Waals surface area contributed by atoms with E-state index in [1.807, 2.05) is 6.07 Å². The van der Waals surface area contributed by atoms with Gasteiger partial charge in [0.25, 0.3) is 0 Å². The maximum absolute atomic E-state index is 12.3. The summed E-state index contributed by atoms with van der Waals surface area (Å²) in [5.74, 6) is 1.34. The molecule has 0 fully saturated rings. The lowest BCUT2D eigenvalue weighted by Gasteiger charge is -2.30. The monoisotopic (exact) mass is 297 g/mol. The number of benzene rings is 1. The third kappa shape index (κ3) is 2.38. The summed E-state index contributed by atoms with van der Waals surface area (Å²) in [7, 11) is -3.22. The molecule has 1 aromatic rings. The predicted molar refractivity (Wildman–Crippen MR) is 75.1 cm³/mol. The van der Waals surface area contributed by atoms with Crippen LogP contribution in [-0.4, -0.2) is 33.4 Å². The Labute approximate surface area is 119 Å². The molecular formula is C14H19NO4S. The molecular weight excluding hydrogens is 278 g/mol. The molecule has 5 nitrogen and oxygen atoms in total. The highest BCUT2D eigenvalue weighted by atomic mass is 32.2. The average molecular weight is 297 g/mol. The predicted octanol–water partition coefficient (Wildman–Crippen LogP) is 1.67. The highest BCUT2D eigenvalue weighted by molar-refractivity contribution is 7.91. The molecule has 0 aliphatic carbocycles. The Bertz CT molecular complexity index is 624. The Hall–Kier alpha value is -1.27. The van der Waals surface area contributed by atoms with Crippen molar-refractivity contribution in [3.05, 3.63) is 17.7 Å². The molecule has 2 aliphatic heterocycles. The van der Waals surface area contributed by atoms with Crippen LogP contribution in [0.5, 0.6) is 11.5 Å². The smallest absolute Gasteiger partial charge is 0.178 e. The molecule has 6 heteroatoms. The van der Waals surface area contributed by atoms with Crippen molar-refractivity contribution in [3.63, 3.8) is 0 Å². The highest BCUT2D eigenvalue weighted by Crippen LogP contribution is 2.41. The molecule has 0 saturated carbocycles. The van der Waals surface area contributed by atoms with Crippen LogP contribution >= 0.6 is 0 Å². The van der Waals surface area contributed by atoms with Crippen LogP contribution in [-0.2, 0) is 9.84 Å². The molecule has 0 aromatic heterocycles. The maximum atomic E-state index is 12.3. The van der Waals surface area contributed by atoms with Gasteiger partial charge in [0.05, 0.1) is 10.6 Å². The first-order valence-electron chi connectivity index (χ1n) is 6.90. The van der Waals surface area contributed by atoms with Crippen molar-refractivity contribution >= 4 is 9.84 Å². The van der Waals surface area contributed by atoms with E-state index < -0.39 is 9.84 Å². The Morgan fingerprint density at radius 1 is 1.20 bits per heavy atom. The topological polar surface area (TPSA) is 64.6 Å². The van der Waals surface area contributed by atoms with Crippen molar-refractivity contribution < 1.29 is 17.9 Å². The van der Waals surface area contributed by atoms with Crippen LogP contribution in [0, 0.1) is 0 Å². The van der Waals surface area contributed by atoms with Crippen molar-refractivity contribution in [1.82, 2.24) is 5.32 Å². The van der Waals surface area contributed by atoms with Gasteiger partial charge in [0.1, 0.15) is 13.2 Å². The maximum Gasteiger partial charge on any atom is 0.178 e. The first kappa shape index (κ1) is 13.7. The SMILES string of the molecule is CC(C)NC1CCS(=O)(=O)c2cc3c(cc21)OCCO3. The molecule has 0 bridgehead atoms. The molecule has 0 spiro atoms. The van der Waals surface area contributed by atoms with E-state index in [0.717, 1.165) is 5.56 Å². The number of nitrogens with one attached hydrogen (secondary N) is 1. The van der Waals surface area contributed by atoms with Crippen LogP contribution in [0.25, 0.3) is 0 Å². The second kappa shape index (κ2) is 4.93. The molecule has 2 aliphatic rings. The van der Waals surface area contributed by atoms with Crippen molar-refractivity contribution in [2.45, 2.75) is 37.2 Å². The molecule has 1 atom stereocenters. The number of ether oxygens (including phenoxy) is 2. The molecule has 0 radical (unpaired) electrons. The number of hydrogen-bond donors (Lipinski definition) is 1. The second-order valence-corrected chi connectivity index (χ2v) is 7.59. The van der Waals surface area contributed by atoms with E-state index in [-0.39, 0.29) is 11.8 Å². The van der Waals surface area contributed by atoms with Gasteiger partial charge in [-0.15, -0.1) is 0 Å². The molecule has 20 heavy (non-hydrogen) atoms. The normalized spacial score (nSPS) is 23.4. The Kier molecular flexibility index (Phi) is 3.38. The molecule has 2 heterocycles. The van der Waals surface area contributed by atoms with Crippen molar-refractivity contribution in [1.29, 1.82) is 0 Å². The molecule has 3 rings (SSSR count). The van der Waals surface area contributed by atoms with Crippen LogP contribution in [0.4, 0.5) is 0 Å². The second-order valence-electron chi connectivity index (χ2n) is 5.52. The van der Waals surface area contributed by atoms with Gasteiger partial charge >= 0.3 is 0 Å². The number of rotatable bonds is 2. The molecule has 1 N–H and O–H groups in total. The van der Waals surface area contributed by atoms with Crippen molar-refractivity contribution in [2.24, 2.45) is 0 Å². The largest absolute Gasteiger partial charge is 0.486 e. The Morgan fingerprint density at radius 2 is 1.85 bits per heavy atom. The first-order chi connectivity index (χ1) is 9.47. The van der Waals surface area contributed by atoms with Gasteiger partial charge in [-0.1, -0.05) is 13.8 Å². The van der Waals surface area contributed by atoms with E-state index in [4.69, 9.17) is 9.47 Å². The number of fused-ring (bicyclic) bond motifs is 2. The fourth-order valence-electron chi connectivity index (χ4n) is 2.74. The third-order valence-corrected chi connectivity index (χ3v) is 5.39.